The van der Waals surface area contributed by atoms with Crippen molar-refractivity contribution < 1.29 is 4.79 Å². The average Bonchev–Trinajstić information content (AvgIpc) is 3.03. The molecule has 0 saturated heterocycles. The minimum atomic E-state index is -0.309. The van der Waals surface area contributed by atoms with Crippen molar-refractivity contribution >= 4 is 23.3 Å². The number of fused-ring (bicyclic) bond motifs is 1. The van der Waals surface area contributed by atoms with Crippen LogP contribution in [0.2, 0.25) is 5.02 Å². The van der Waals surface area contributed by atoms with Crippen molar-refractivity contribution in [2.75, 3.05) is 5.32 Å². The molecule has 2 heterocycles. The van der Waals surface area contributed by atoms with Crippen LogP contribution < -0.4 is 10.6 Å². The molecule has 110 valence electrons. The van der Waals surface area contributed by atoms with Gasteiger partial charge in [0.15, 0.2) is 5.82 Å². The van der Waals surface area contributed by atoms with E-state index in [1.54, 1.807) is 6.07 Å². The molecule has 21 heavy (non-hydrogen) atoms. The number of amides is 2. The van der Waals surface area contributed by atoms with Crippen molar-refractivity contribution in [1.29, 1.82) is 0 Å². The van der Waals surface area contributed by atoms with Crippen LogP contribution in [0.3, 0.4) is 0 Å². The van der Waals surface area contributed by atoms with Gasteiger partial charge in [-0.2, -0.15) is 0 Å². The summed E-state index contributed by atoms with van der Waals surface area (Å²) in [6.07, 6.45) is 2.04. The average molecular weight is 306 g/mol. The van der Waals surface area contributed by atoms with E-state index in [4.69, 9.17) is 11.6 Å². The van der Waals surface area contributed by atoms with Gasteiger partial charge >= 0.3 is 6.03 Å². The van der Waals surface area contributed by atoms with Crippen LogP contribution in [0.4, 0.5) is 10.5 Å². The number of aromatic nitrogens is 3. The topological polar surface area (TPSA) is 71.8 Å². The van der Waals surface area contributed by atoms with Crippen LogP contribution in [0.15, 0.2) is 18.2 Å². The Hall–Kier alpha value is -2.08. The van der Waals surface area contributed by atoms with Gasteiger partial charge in [0, 0.05) is 13.0 Å². The lowest BCUT2D eigenvalue weighted by molar-refractivity contribution is 0.251. The molecule has 2 aromatic rings. The summed E-state index contributed by atoms with van der Waals surface area (Å²) in [7, 11) is 0. The summed E-state index contributed by atoms with van der Waals surface area (Å²) in [5.74, 6) is 1.78. The van der Waals surface area contributed by atoms with Crippen molar-refractivity contribution in [3.8, 4) is 0 Å². The summed E-state index contributed by atoms with van der Waals surface area (Å²) < 4.78 is 2.05. The summed E-state index contributed by atoms with van der Waals surface area (Å²) in [6.45, 7) is 3.22. The predicted octanol–water partition coefficient (Wildman–Crippen LogP) is 2.51. The Kier molecular flexibility index (Phi) is 3.79. The molecule has 0 aliphatic carbocycles. The molecule has 3 rings (SSSR count). The van der Waals surface area contributed by atoms with Gasteiger partial charge in [-0.25, -0.2) is 4.79 Å². The molecular formula is C14H16ClN5O. The molecule has 1 aliphatic rings. The third-order valence-electron chi connectivity index (χ3n) is 3.47. The SMILES string of the molecule is Cc1ccc(NC(=O)NCc2nnc3n2CCC3)c(Cl)c1. The largest absolute Gasteiger partial charge is 0.331 e. The highest BCUT2D eigenvalue weighted by molar-refractivity contribution is 6.33. The Bertz CT molecular complexity index is 682. The number of hydrogen-bond acceptors (Lipinski definition) is 3. The molecule has 0 atom stereocenters. The highest BCUT2D eigenvalue weighted by atomic mass is 35.5. The number of nitrogens with one attached hydrogen (secondary N) is 2. The van der Waals surface area contributed by atoms with Gasteiger partial charge < -0.3 is 15.2 Å². The van der Waals surface area contributed by atoms with Crippen LogP contribution in [0, 0.1) is 6.92 Å². The third-order valence-corrected chi connectivity index (χ3v) is 3.78. The lowest BCUT2D eigenvalue weighted by Gasteiger charge is -2.09. The molecule has 2 amide bonds. The maximum Gasteiger partial charge on any atom is 0.319 e. The Morgan fingerprint density at radius 2 is 2.29 bits per heavy atom. The molecular weight excluding hydrogens is 290 g/mol. The molecule has 1 aliphatic heterocycles. The highest BCUT2D eigenvalue weighted by Crippen LogP contribution is 2.22. The summed E-state index contributed by atoms with van der Waals surface area (Å²) in [4.78, 5) is 11.9. The molecule has 0 saturated carbocycles. The Morgan fingerprint density at radius 1 is 1.43 bits per heavy atom. The van der Waals surface area contributed by atoms with E-state index in [0.29, 0.717) is 17.3 Å². The molecule has 2 N–H and O–H groups in total. The van der Waals surface area contributed by atoms with E-state index in [2.05, 4.69) is 25.4 Å². The minimum Gasteiger partial charge on any atom is -0.331 e. The van der Waals surface area contributed by atoms with E-state index in [1.165, 1.54) is 0 Å². The molecule has 6 nitrogen and oxygen atoms in total. The first-order valence-corrected chi connectivity index (χ1v) is 7.23. The van der Waals surface area contributed by atoms with Gasteiger partial charge in [0.05, 0.1) is 17.3 Å². The van der Waals surface area contributed by atoms with Gasteiger partial charge in [-0.3, -0.25) is 0 Å². The van der Waals surface area contributed by atoms with Crippen molar-refractivity contribution in [3.63, 3.8) is 0 Å². The number of aryl methyl sites for hydroxylation is 2. The van der Waals surface area contributed by atoms with Crippen LogP contribution in [-0.2, 0) is 19.5 Å². The smallest absolute Gasteiger partial charge is 0.319 e. The van der Waals surface area contributed by atoms with Crippen LogP contribution >= 0.6 is 11.6 Å². The third kappa shape index (κ3) is 3.00. The normalized spacial score (nSPS) is 13.0. The summed E-state index contributed by atoms with van der Waals surface area (Å²) >= 11 is 6.08. The second-order valence-corrected chi connectivity index (χ2v) is 5.49. The maximum absolute atomic E-state index is 11.9. The zero-order chi connectivity index (χ0) is 14.8. The van der Waals surface area contributed by atoms with E-state index in [1.807, 2.05) is 19.1 Å². The first kappa shape index (κ1) is 13.9. The Labute approximate surface area is 127 Å². The zero-order valence-electron chi connectivity index (χ0n) is 11.7. The fraction of sp³-hybridized carbons (Fsp3) is 0.357. The van der Waals surface area contributed by atoms with Crippen LogP contribution in [0.5, 0.6) is 0 Å². The van der Waals surface area contributed by atoms with Gasteiger partial charge in [-0.05, 0) is 31.0 Å². The first-order valence-electron chi connectivity index (χ1n) is 6.85. The summed E-state index contributed by atoms with van der Waals surface area (Å²) in [5.41, 5.74) is 1.64. The minimum absolute atomic E-state index is 0.309. The van der Waals surface area contributed by atoms with E-state index in [0.717, 1.165) is 36.6 Å². The Balaban J connectivity index is 1.59. The van der Waals surface area contributed by atoms with Gasteiger partial charge in [0.1, 0.15) is 5.82 Å². The lowest BCUT2D eigenvalue weighted by Crippen LogP contribution is -2.29. The quantitative estimate of drug-likeness (QED) is 0.915. The van der Waals surface area contributed by atoms with Crippen molar-refractivity contribution in [1.82, 2.24) is 20.1 Å². The van der Waals surface area contributed by atoms with E-state index in [-0.39, 0.29) is 6.03 Å². The molecule has 0 spiro atoms. The second kappa shape index (κ2) is 5.73. The lowest BCUT2D eigenvalue weighted by atomic mass is 10.2. The second-order valence-electron chi connectivity index (χ2n) is 5.08. The van der Waals surface area contributed by atoms with Crippen LogP contribution in [0.1, 0.15) is 23.6 Å². The molecule has 1 aromatic heterocycles. The number of anilines is 1. The van der Waals surface area contributed by atoms with Gasteiger partial charge in [0.2, 0.25) is 0 Å². The van der Waals surface area contributed by atoms with E-state index >= 15 is 0 Å². The van der Waals surface area contributed by atoms with Gasteiger partial charge in [0.25, 0.3) is 0 Å². The molecule has 0 radical (unpaired) electrons. The number of rotatable bonds is 3. The van der Waals surface area contributed by atoms with Crippen LogP contribution in [-0.4, -0.2) is 20.8 Å². The zero-order valence-corrected chi connectivity index (χ0v) is 12.4. The van der Waals surface area contributed by atoms with E-state index in [9.17, 15) is 4.79 Å². The van der Waals surface area contributed by atoms with Crippen LogP contribution in [0.25, 0.3) is 0 Å². The Morgan fingerprint density at radius 3 is 3.10 bits per heavy atom. The number of urea groups is 1. The molecule has 0 fully saturated rings. The van der Waals surface area contributed by atoms with Crippen molar-refractivity contribution in [2.45, 2.75) is 32.9 Å². The molecule has 7 heteroatoms. The standard InChI is InChI=1S/C14H16ClN5O/c1-9-4-5-11(10(15)7-9)17-14(21)16-8-13-19-18-12-3-2-6-20(12)13/h4-5,7H,2-3,6,8H2,1H3,(H2,16,17,21). The number of hydrogen-bond donors (Lipinski definition) is 2. The number of nitrogens with zero attached hydrogens (tertiary/aromatic N) is 3. The van der Waals surface area contributed by atoms with Gasteiger partial charge in [-0.15, -0.1) is 10.2 Å². The number of halogens is 1. The molecule has 0 unspecified atom stereocenters. The van der Waals surface area contributed by atoms with Gasteiger partial charge in [-0.1, -0.05) is 17.7 Å². The number of benzene rings is 1. The fourth-order valence-corrected chi connectivity index (χ4v) is 2.67. The van der Waals surface area contributed by atoms with Crippen molar-refractivity contribution in [3.05, 3.63) is 40.4 Å². The maximum atomic E-state index is 11.9. The summed E-state index contributed by atoms with van der Waals surface area (Å²) in [6, 6.07) is 5.18. The first-order chi connectivity index (χ1) is 10.1. The molecule has 0 bridgehead atoms. The molecule has 1 aromatic carbocycles. The summed E-state index contributed by atoms with van der Waals surface area (Å²) in [5, 5.41) is 14.2. The van der Waals surface area contributed by atoms with Crippen molar-refractivity contribution in [2.24, 2.45) is 0 Å². The number of carbonyl (C=O) groups is 1. The van der Waals surface area contributed by atoms with E-state index < -0.39 is 0 Å². The highest BCUT2D eigenvalue weighted by Gasteiger charge is 2.17. The predicted molar refractivity (Wildman–Crippen MR) is 80.4 cm³/mol. The monoisotopic (exact) mass is 305 g/mol. The fourth-order valence-electron chi connectivity index (χ4n) is 2.39. The number of carbonyl (C=O) groups excluding carboxylic acids is 1.